The zero-order valence-electron chi connectivity index (χ0n) is 10.6. The van der Waals surface area contributed by atoms with Crippen LogP contribution >= 0.6 is 0 Å². The van der Waals surface area contributed by atoms with E-state index in [4.69, 9.17) is 9.29 Å². The number of carbonyl (C=O) groups is 1. The molecular formula is C14H12O5S. The highest BCUT2D eigenvalue weighted by Gasteiger charge is 2.12. The maximum atomic E-state index is 12.2. The van der Waals surface area contributed by atoms with Crippen molar-refractivity contribution in [3.63, 3.8) is 0 Å². The molecule has 0 radical (unpaired) electrons. The van der Waals surface area contributed by atoms with Crippen molar-refractivity contribution in [2.75, 3.05) is 7.11 Å². The molecule has 0 saturated carbocycles. The van der Waals surface area contributed by atoms with E-state index >= 15 is 0 Å². The van der Waals surface area contributed by atoms with E-state index in [2.05, 4.69) is 0 Å². The lowest BCUT2D eigenvalue weighted by molar-refractivity contribution is 0.103. The first-order valence-electron chi connectivity index (χ1n) is 5.68. The average molecular weight is 292 g/mol. The van der Waals surface area contributed by atoms with Gasteiger partial charge >= 0.3 is 0 Å². The first-order chi connectivity index (χ1) is 9.41. The smallest absolute Gasteiger partial charge is 0.294 e. The van der Waals surface area contributed by atoms with Gasteiger partial charge in [0.1, 0.15) is 5.75 Å². The van der Waals surface area contributed by atoms with Gasteiger partial charge in [-0.25, -0.2) is 0 Å². The van der Waals surface area contributed by atoms with Crippen LogP contribution in [0.4, 0.5) is 0 Å². The van der Waals surface area contributed by atoms with Crippen molar-refractivity contribution in [1.29, 1.82) is 0 Å². The van der Waals surface area contributed by atoms with Crippen LogP contribution in [-0.4, -0.2) is 25.9 Å². The minimum Gasteiger partial charge on any atom is -0.497 e. The third-order valence-corrected chi connectivity index (χ3v) is 3.63. The van der Waals surface area contributed by atoms with Crippen LogP contribution in [-0.2, 0) is 10.1 Å². The summed E-state index contributed by atoms with van der Waals surface area (Å²) in [6.45, 7) is 0. The molecule has 2 aromatic carbocycles. The van der Waals surface area contributed by atoms with Crippen molar-refractivity contribution in [2.24, 2.45) is 0 Å². The molecule has 2 aromatic rings. The maximum absolute atomic E-state index is 12.2. The average Bonchev–Trinajstić information content (AvgIpc) is 2.46. The third-order valence-electron chi connectivity index (χ3n) is 2.77. The topological polar surface area (TPSA) is 80.7 Å². The lowest BCUT2D eigenvalue weighted by atomic mass is 10.0. The van der Waals surface area contributed by atoms with E-state index in [1.54, 1.807) is 24.3 Å². The fourth-order valence-electron chi connectivity index (χ4n) is 1.69. The lowest BCUT2D eigenvalue weighted by Crippen LogP contribution is -2.03. The highest BCUT2D eigenvalue weighted by Crippen LogP contribution is 2.16. The van der Waals surface area contributed by atoms with E-state index in [0.717, 1.165) is 0 Å². The van der Waals surface area contributed by atoms with Gasteiger partial charge in [-0.15, -0.1) is 0 Å². The maximum Gasteiger partial charge on any atom is 0.294 e. The van der Waals surface area contributed by atoms with Crippen LogP contribution in [0.5, 0.6) is 5.75 Å². The Morgan fingerprint density at radius 1 is 0.950 bits per heavy atom. The SMILES string of the molecule is COc1ccc(C(=O)c2ccc(S(=O)(=O)O)cc2)cc1. The molecule has 0 saturated heterocycles. The third kappa shape index (κ3) is 3.04. The van der Waals surface area contributed by atoms with E-state index in [1.165, 1.54) is 31.4 Å². The number of carbonyl (C=O) groups excluding carboxylic acids is 1. The Hall–Kier alpha value is -2.18. The van der Waals surface area contributed by atoms with Gasteiger partial charge in [0.25, 0.3) is 10.1 Å². The fraction of sp³-hybridized carbons (Fsp3) is 0.0714. The van der Waals surface area contributed by atoms with Crippen molar-refractivity contribution >= 4 is 15.9 Å². The zero-order chi connectivity index (χ0) is 14.8. The number of hydrogen-bond acceptors (Lipinski definition) is 4. The van der Waals surface area contributed by atoms with E-state index in [1.807, 2.05) is 0 Å². The largest absolute Gasteiger partial charge is 0.497 e. The summed E-state index contributed by atoms with van der Waals surface area (Å²) in [7, 11) is -2.71. The summed E-state index contributed by atoms with van der Waals surface area (Å²) in [6.07, 6.45) is 0. The normalized spacial score (nSPS) is 11.1. The predicted molar refractivity (Wildman–Crippen MR) is 72.7 cm³/mol. The first-order valence-corrected chi connectivity index (χ1v) is 7.12. The Kier molecular flexibility index (Phi) is 3.87. The monoisotopic (exact) mass is 292 g/mol. The van der Waals surface area contributed by atoms with Gasteiger partial charge in [-0.05, 0) is 48.5 Å². The van der Waals surface area contributed by atoms with Crippen LogP contribution in [0.25, 0.3) is 0 Å². The van der Waals surface area contributed by atoms with Crippen molar-refractivity contribution < 1.29 is 22.5 Å². The van der Waals surface area contributed by atoms with Crippen LogP contribution in [0.3, 0.4) is 0 Å². The van der Waals surface area contributed by atoms with Gasteiger partial charge in [0.2, 0.25) is 0 Å². The minimum absolute atomic E-state index is 0.241. The second kappa shape index (κ2) is 5.44. The van der Waals surface area contributed by atoms with Crippen molar-refractivity contribution in [1.82, 2.24) is 0 Å². The van der Waals surface area contributed by atoms with Gasteiger partial charge in [0.15, 0.2) is 5.78 Å². The minimum atomic E-state index is -4.25. The quantitative estimate of drug-likeness (QED) is 0.690. The number of methoxy groups -OCH3 is 1. The molecule has 0 atom stereocenters. The van der Waals surface area contributed by atoms with E-state index in [0.29, 0.717) is 16.9 Å². The van der Waals surface area contributed by atoms with Gasteiger partial charge in [-0.1, -0.05) is 0 Å². The second-order valence-electron chi connectivity index (χ2n) is 4.06. The van der Waals surface area contributed by atoms with Gasteiger partial charge in [0.05, 0.1) is 12.0 Å². The van der Waals surface area contributed by atoms with E-state index < -0.39 is 10.1 Å². The Balaban J connectivity index is 2.29. The first kappa shape index (κ1) is 14.2. The summed E-state index contributed by atoms with van der Waals surface area (Å²) in [5.74, 6) is 0.401. The number of rotatable bonds is 4. The fourth-order valence-corrected chi connectivity index (χ4v) is 2.17. The Bertz CT molecular complexity index is 715. The summed E-state index contributed by atoms with van der Waals surface area (Å²) < 4.78 is 35.7. The molecule has 0 bridgehead atoms. The molecule has 20 heavy (non-hydrogen) atoms. The van der Waals surface area contributed by atoms with Crippen LogP contribution < -0.4 is 4.74 Å². The number of benzene rings is 2. The summed E-state index contributed by atoms with van der Waals surface area (Å²) >= 11 is 0. The molecule has 104 valence electrons. The van der Waals surface area contributed by atoms with Gasteiger partial charge in [-0.2, -0.15) is 8.42 Å². The Labute approximate surface area is 116 Å². The molecule has 0 aliphatic heterocycles. The van der Waals surface area contributed by atoms with Crippen molar-refractivity contribution in [3.8, 4) is 5.75 Å². The van der Waals surface area contributed by atoms with E-state index in [-0.39, 0.29) is 10.7 Å². The molecular weight excluding hydrogens is 280 g/mol. The Morgan fingerprint density at radius 3 is 1.80 bits per heavy atom. The van der Waals surface area contributed by atoms with Crippen LogP contribution in [0.1, 0.15) is 15.9 Å². The molecule has 0 aliphatic rings. The van der Waals surface area contributed by atoms with Crippen molar-refractivity contribution in [2.45, 2.75) is 4.90 Å². The van der Waals surface area contributed by atoms with Gasteiger partial charge in [0, 0.05) is 11.1 Å². The lowest BCUT2D eigenvalue weighted by Gasteiger charge is -2.04. The summed E-state index contributed by atoms with van der Waals surface area (Å²) in [4.78, 5) is 11.9. The molecule has 0 fully saturated rings. The summed E-state index contributed by atoms with van der Waals surface area (Å²) in [5.41, 5.74) is 0.799. The van der Waals surface area contributed by atoms with Gasteiger partial charge in [-0.3, -0.25) is 9.35 Å². The molecule has 2 rings (SSSR count). The highest BCUT2D eigenvalue weighted by atomic mass is 32.2. The summed E-state index contributed by atoms with van der Waals surface area (Å²) in [6, 6.07) is 11.7. The molecule has 0 spiro atoms. The molecule has 1 N–H and O–H groups in total. The second-order valence-corrected chi connectivity index (χ2v) is 5.48. The van der Waals surface area contributed by atoms with Crippen LogP contribution in [0.2, 0.25) is 0 Å². The molecule has 0 heterocycles. The molecule has 0 amide bonds. The molecule has 0 aliphatic carbocycles. The van der Waals surface area contributed by atoms with Crippen molar-refractivity contribution in [3.05, 3.63) is 59.7 Å². The zero-order valence-corrected chi connectivity index (χ0v) is 11.4. The molecule has 6 heteroatoms. The number of hydrogen-bond donors (Lipinski definition) is 1. The molecule has 0 unspecified atom stereocenters. The predicted octanol–water partition coefficient (Wildman–Crippen LogP) is 2.17. The van der Waals surface area contributed by atoms with Gasteiger partial charge < -0.3 is 4.74 Å². The standard InChI is InChI=1S/C14H12O5S/c1-19-12-6-2-10(3-7-12)14(15)11-4-8-13(9-5-11)20(16,17)18/h2-9H,1H3,(H,16,17,18). The molecule has 5 nitrogen and oxygen atoms in total. The highest BCUT2D eigenvalue weighted by molar-refractivity contribution is 7.85. The van der Waals surface area contributed by atoms with E-state index in [9.17, 15) is 13.2 Å². The number of ether oxygens (including phenoxy) is 1. The van der Waals surface area contributed by atoms with Crippen LogP contribution in [0.15, 0.2) is 53.4 Å². The molecule has 0 aromatic heterocycles. The Morgan fingerprint density at radius 2 is 1.40 bits per heavy atom. The van der Waals surface area contributed by atoms with Crippen LogP contribution in [0, 0.1) is 0 Å². The summed E-state index contributed by atoms with van der Waals surface area (Å²) in [5, 5.41) is 0. The number of ketones is 1.